The molecule has 2 aliphatic heterocycles. The fraction of sp³-hybridized carbons (Fsp3) is 0.600. The van der Waals surface area contributed by atoms with Crippen LogP contribution in [0.25, 0.3) is 0 Å². The minimum atomic E-state index is -0.822. The molecule has 0 amide bonds. The number of ether oxygens (including phenoxy) is 1. The molecule has 3 heterocycles. The molecule has 98 valence electrons. The lowest BCUT2D eigenvalue weighted by molar-refractivity contribution is -0.0438. The van der Waals surface area contributed by atoms with Gasteiger partial charge in [-0.1, -0.05) is 0 Å². The van der Waals surface area contributed by atoms with Crippen molar-refractivity contribution in [1.82, 2.24) is 14.9 Å². The number of aromatic nitrogens is 2. The third-order valence-electron chi connectivity index (χ3n) is 3.08. The summed E-state index contributed by atoms with van der Waals surface area (Å²) in [5, 5.41) is 21.5. The SMILES string of the molecule is [2H]C1=Nc2c(nc([2H])n2C2CC(O)C(CO)O2)C(N)N1. The fourth-order valence-electron chi connectivity index (χ4n) is 2.11. The van der Waals surface area contributed by atoms with Crippen molar-refractivity contribution in [3.05, 3.63) is 12.0 Å². The first kappa shape index (κ1) is 9.45. The second kappa shape index (κ2) is 4.32. The van der Waals surface area contributed by atoms with Crippen LogP contribution in [-0.2, 0) is 4.74 Å². The minimum Gasteiger partial charge on any atom is -0.394 e. The van der Waals surface area contributed by atoms with Crippen LogP contribution < -0.4 is 11.1 Å². The van der Waals surface area contributed by atoms with E-state index in [9.17, 15) is 5.11 Å². The van der Waals surface area contributed by atoms with E-state index in [0.717, 1.165) is 0 Å². The first-order valence-corrected chi connectivity index (χ1v) is 5.61. The number of hydrogen-bond acceptors (Lipinski definition) is 7. The minimum absolute atomic E-state index is 0.110. The van der Waals surface area contributed by atoms with E-state index < -0.39 is 24.6 Å². The van der Waals surface area contributed by atoms with Crippen molar-refractivity contribution in [2.24, 2.45) is 10.7 Å². The zero-order chi connectivity index (χ0) is 14.4. The van der Waals surface area contributed by atoms with E-state index in [4.69, 9.17) is 18.3 Å². The van der Waals surface area contributed by atoms with Gasteiger partial charge in [0.05, 0.1) is 25.3 Å². The van der Waals surface area contributed by atoms with Crippen molar-refractivity contribution < 1.29 is 17.7 Å². The van der Waals surface area contributed by atoms with Gasteiger partial charge in [-0.05, 0) is 0 Å². The number of imidazole rings is 1. The molecule has 1 saturated heterocycles. The molecule has 8 nitrogen and oxygen atoms in total. The third kappa shape index (κ3) is 1.70. The zero-order valence-electron chi connectivity index (χ0n) is 11.4. The summed E-state index contributed by atoms with van der Waals surface area (Å²) in [4.78, 5) is 8.00. The molecule has 0 aromatic carbocycles. The molecule has 5 N–H and O–H groups in total. The molecule has 3 rings (SSSR count). The van der Waals surface area contributed by atoms with Gasteiger partial charge in [0.25, 0.3) is 0 Å². The van der Waals surface area contributed by atoms with Gasteiger partial charge < -0.3 is 26.0 Å². The molecule has 18 heavy (non-hydrogen) atoms. The van der Waals surface area contributed by atoms with Crippen LogP contribution in [0.4, 0.5) is 5.82 Å². The second-order valence-electron chi connectivity index (χ2n) is 4.25. The molecular weight excluding hydrogens is 238 g/mol. The zero-order valence-corrected chi connectivity index (χ0v) is 9.45. The summed E-state index contributed by atoms with van der Waals surface area (Å²) < 4.78 is 22.3. The Labute approximate surface area is 106 Å². The first-order valence-electron chi connectivity index (χ1n) is 6.61. The van der Waals surface area contributed by atoms with Crippen LogP contribution in [0, 0.1) is 0 Å². The Hall–Kier alpha value is -1.48. The number of nitrogens with zero attached hydrogens (tertiary/aromatic N) is 3. The number of aliphatic hydroxyl groups is 2. The summed E-state index contributed by atoms with van der Waals surface area (Å²) in [7, 11) is 0. The van der Waals surface area contributed by atoms with Gasteiger partial charge in [0.2, 0.25) is 0 Å². The summed E-state index contributed by atoms with van der Waals surface area (Å²) in [6.45, 7) is -0.310. The van der Waals surface area contributed by atoms with E-state index >= 15 is 0 Å². The average molecular weight is 255 g/mol. The summed E-state index contributed by atoms with van der Waals surface area (Å²) in [6.07, 6.45) is -2.91. The van der Waals surface area contributed by atoms with Gasteiger partial charge in [-0.15, -0.1) is 0 Å². The largest absolute Gasteiger partial charge is 0.394 e. The maximum atomic E-state index is 9.77. The Kier molecular flexibility index (Phi) is 2.27. The first-order chi connectivity index (χ1) is 9.51. The van der Waals surface area contributed by atoms with Crippen molar-refractivity contribution in [2.75, 3.05) is 6.61 Å². The molecule has 0 spiro atoms. The molecule has 0 aliphatic carbocycles. The van der Waals surface area contributed by atoms with Crippen molar-refractivity contribution in [3.8, 4) is 0 Å². The molecule has 4 unspecified atom stereocenters. The normalized spacial score (nSPS) is 36.5. The lowest BCUT2D eigenvalue weighted by Crippen LogP contribution is -2.30. The van der Waals surface area contributed by atoms with Gasteiger partial charge >= 0.3 is 0 Å². The predicted molar refractivity (Wildman–Crippen MR) is 62.1 cm³/mol. The highest BCUT2D eigenvalue weighted by molar-refractivity contribution is 5.64. The van der Waals surface area contributed by atoms with Crippen LogP contribution in [0.15, 0.2) is 11.3 Å². The standard InChI is InChI=1S/C10H15N5O3/c11-9-8-10(13-3-12-9)15(4-14-8)7-1-5(17)6(2-16)18-7/h3-7,9,16-17H,1-2,11H2,(H,12,13)/i3D,4D. The van der Waals surface area contributed by atoms with Gasteiger partial charge in [0.15, 0.2) is 5.82 Å². The number of nitrogens with two attached hydrogens (primary N) is 1. The average Bonchev–Trinajstić information content (AvgIpc) is 2.89. The van der Waals surface area contributed by atoms with Gasteiger partial charge in [-0.3, -0.25) is 4.57 Å². The second-order valence-corrected chi connectivity index (χ2v) is 4.25. The fourth-order valence-corrected chi connectivity index (χ4v) is 2.11. The van der Waals surface area contributed by atoms with E-state index in [-0.39, 0.29) is 31.5 Å². The van der Waals surface area contributed by atoms with Crippen LogP contribution in [-0.4, -0.2) is 44.9 Å². The Morgan fingerprint density at radius 3 is 3.28 bits per heavy atom. The van der Waals surface area contributed by atoms with Crippen molar-refractivity contribution in [2.45, 2.75) is 31.0 Å². The van der Waals surface area contributed by atoms with E-state index in [0.29, 0.717) is 5.69 Å². The topological polar surface area (TPSA) is 118 Å². The van der Waals surface area contributed by atoms with E-state index in [1.807, 2.05) is 0 Å². The molecule has 0 bridgehead atoms. The Bertz CT molecular complexity index is 563. The molecule has 1 aromatic rings. The highest BCUT2D eigenvalue weighted by Crippen LogP contribution is 2.34. The lowest BCUT2D eigenvalue weighted by atomic mass is 10.2. The molecule has 1 aromatic heterocycles. The maximum Gasteiger partial charge on any atom is 0.162 e. The van der Waals surface area contributed by atoms with Gasteiger partial charge in [-0.2, -0.15) is 0 Å². The van der Waals surface area contributed by atoms with Crippen LogP contribution >= 0.6 is 0 Å². The maximum absolute atomic E-state index is 9.77. The van der Waals surface area contributed by atoms with Crippen LogP contribution in [0.3, 0.4) is 0 Å². The van der Waals surface area contributed by atoms with Gasteiger partial charge in [-0.25, -0.2) is 9.98 Å². The number of aliphatic imine (C=N–C) groups is 1. The molecular formula is C10H15N5O3. The number of hydrogen-bond donors (Lipinski definition) is 4. The van der Waals surface area contributed by atoms with Crippen LogP contribution in [0.1, 0.15) is 27.2 Å². The molecule has 1 fully saturated rings. The number of aliphatic hydroxyl groups excluding tert-OH is 2. The van der Waals surface area contributed by atoms with Gasteiger partial charge in [0, 0.05) is 6.42 Å². The number of nitrogens with one attached hydrogen (secondary N) is 1. The number of rotatable bonds is 2. The number of amidine groups is 1. The molecule has 0 saturated carbocycles. The van der Waals surface area contributed by atoms with E-state index in [1.54, 1.807) is 0 Å². The third-order valence-corrected chi connectivity index (χ3v) is 3.08. The molecule has 8 heteroatoms. The Morgan fingerprint density at radius 2 is 2.56 bits per heavy atom. The summed E-state index contributed by atoms with van der Waals surface area (Å²) in [6, 6.07) is 0. The molecule has 2 aliphatic rings. The highest BCUT2D eigenvalue weighted by atomic mass is 16.5. The Balaban J connectivity index is 2.00. The van der Waals surface area contributed by atoms with Crippen LogP contribution in [0.2, 0.25) is 0 Å². The summed E-state index contributed by atoms with van der Waals surface area (Å²) in [5.41, 5.74) is 6.16. The quantitative estimate of drug-likeness (QED) is 0.524. The van der Waals surface area contributed by atoms with Crippen molar-refractivity contribution >= 4 is 12.1 Å². The van der Waals surface area contributed by atoms with Gasteiger partial charge in [0.1, 0.15) is 26.9 Å². The van der Waals surface area contributed by atoms with Crippen molar-refractivity contribution in [3.63, 3.8) is 0 Å². The molecule has 4 atom stereocenters. The smallest absolute Gasteiger partial charge is 0.162 e. The summed E-state index contributed by atoms with van der Waals surface area (Å²) in [5.74, 6) is 0.280. The molecule has 0 radical (unpaired) electrons. The lowest BCUT2D eigenvalue weighted by Gasteiger charge is -2.18. The van der Waals surface area contributed by atoms with E-state index in [1.165, 1.54) is 4.57 Å². The summed E-state index contributed by atoms with van der Waals surface area (Å²) >= 11 is 0. The Morgan fingerprint density at radius 1 is 1.72 bits per heavy atom. The van der Waals surface area contributed by atoms with Crippen LogP contribution in [0.5, 0.6) is 0 Å². The monoisotopic (exact) mass is 255 g/mol. The number of fused-ring (bicyclic) bond motifs is 1. The van der Waals surface area contributed by atoms with Crippen molar-refractivity contribution in [1.29, 1.82) is 0 Å². The predicted octanol–water partition coefficient (Wildman–Crippen LogP) is -1.26. The highest BCUT2D eigenvalue weighted by Gasteiger charge is 2.36. The van der Waals surface area contributed by atoms with E-state index in [2.05, 4.69) is 15.3 Å².